The van der Waals surface area contributed by atoms with Crippen LogP contribution in [0.2, 0.25) is 0 Å². The summed E-state index contributed by atoms with van der Waals surface area (Å²) >= 11 is 0. The van der Waals surface area contributed by atoms with Crippen molar-refractivity contribution in [1.82, 2.24) is 14.5 Å². The van der Waals surface area contributed by atoms with Crippen LogP contribution in [0.3, 0.4) is 0 Å². The second kappa shape index (κ2) is 7.08. The number of sulfone groups is 1. The lowest BCUT2D eigenvalue weighted by atomic mass is 9.93. The summed E-state index contributed by atoms with van der Waals surface area (Å²) in [6.45, 7) is 1.40. The van der Waals surface area contributed by atoms with Crippen LogP contribution in [0.5, 0.6) is 0 Å². The number of hydrogen-bond donors (Lipinski definition) is 1. The zero-order valence-electron chi connectivity index (χ0n) is 16.6. The van der Waals surface area contributed by atoms with Crippen molar-refractivity contribution in [3.63, 3.8) is 0 Å². The van der Waals surface area contributed by atoms with Gasteiger partial charge >= 0.3 is 0 Å². The fourth-order valence-corrected chi connectivity index (χ4v) is 6.30. The van der Waals surface area contributed by atoms with E-state index in [-0.39, 0.29) is 22.0 Å². The lowest BCUT2D eigenvalue weighted by Crippen LogP contribution is -2.48. The van der Waals surface area contributed by atoms with Crippen molar-refractivity contribution in [3.8, 4) is 0 Å². The summed E-state index contributed by atoms with van der Waals surface area (Å²) in [5.74, 6) is -1.06. The Labute approximate surface area is 173 Å². The quantitative estimate of drug-likeness (QED) is 0.783. The van der Waals surface area contributed by atoms with E-state index >= 15 is 0 Å². The summed E-state index contributed by atoms with van der Waals surface area (Å²) in [4.78, 5) is 6.60. The minimum atomic E-state index is -3.35. The third-order valence-corrected chi connectivity index (χ3v) is 8.58. The molecule has 1 aliphatic carbocycles. The van der Waals surface area contributed by atoms with E-state index in [4.69, 9.17) is 10.5 Å². The molecule has 2 aliphatic heterocycles. The number of imidazole rings is 1. The predicted octanol–water partition coefficient (Wildman–Crippen LogP) is 1.81. The van der Waals surface area contributed by atoms with Crippen molar-refractivity contribution in [1.29, 1.82) is 0 Å². The van der Waals surface area contributed by atoms with Gasteiger partial charge in [-0.05, 0) is 37.5 Å². The fraction of sp³-hybridized carbons (Fsp3) is 0.550. The van der Waals surface area contributed by atoms with Gasteiger partial charge < -0.3 is 15.0 Å². The largest absolute Gasteiger partial charge is 0.370 e. The third kappa shape index (κ3) is 3.26. The number of fused-ring (bicyclic) bond motifs is 1. The van der Waals surface area contributed by atoms with Gasteiger partial charge in [-0.1, -0.05) is 0 Å². The van der Waals surface area contributed by atoms with Gasteiger partial charge in [-0.25, -0.2) is 22.2 Å². The lowest BCUT2D eigenvalue weighted by molar-refractivity contribution is -0.0535. The van der Waals surface area contributed by atoms with Crippen LogP contribution in [0.1, 0.15) is 42.3 Å². The molecule has 30 heavy (non-hydrogen) atoms. The molecule has 2 fully saturated rings. The van der Waals surface area contributed by atoms with Crippen LogP contribution in [0.4, 0.5) is 8.78 Å². The first-order valence-corrected chi connectivity index (χ1v) is 11.6. The van der Waals surface area contributed by atoms with Crippen molar-refractivity contribution in [2.75, 3.05) is 6.61 Å². The molecule has 0 unspecified atom stereocenters. The Kier molecular flexibility index (Phi) is 4.73. The van der Waals surface area contributed by atoms with Gasteiger partial charge in [0.05, 0.1) is 23.2 Å². The molecule has 3 heterocycles. The van der Waals surface area contributed by atoms with Gasteiger partial charge in [-0.3, -0.25) is 4.90 Å². The molecule has 5 rings (SSSR count). The molecule has 0 spiro atoms. The van der Waals surface area contributed by atoms with E-state index in [0.717, 1.165) is 29.6 Å². The van der Waals surface area contributed by atoms with Crippen LogP contribution in [0.25, 0.3) is 0 Å². The van der Waals surface area contributed by atoms with Gasteiger partial charge in [0.15, 0.2) is 0 Å². The molecular formula is C20H24F2N4O3S. The third-order valence-electron chi connectivity index (χ3n) is 6.36. The molecule has 1 aromatic carbocycles. The Morgan fingerprint density at radius 2 is 2.00 bits per heavy atom. The molecule has 1 saturated carbocycles. The molecule has 1 saturated heterocycles. The SMILES string of the molecule is Cn1c(S(=O)(=O)C2CC2)nc2c1CN([C@H]1CO[C@H](c3cc(F)ccc3F)[C@@H](N)C1)C2. The smallest absolute Gasteiger partial charge is 0.228 e. The summed E-state index contributed by atoms with van der Waals surface area (Å²) < 4.78 is 60.4. The van der Waals surface area contributed by atoms with Gasteiger partial charge in [0.1, 0.15) is 17.7 Å². The first-order chi connectivity index (χ1) is 14.3. The number of aromatic nitrogens is 2. The minimum absolute atomic E-state index is 0.00874. The van der Waals surface area contributed by atoms with Crippen LogP contribution in [-0.2, 0) is 34.7 Å². The van der Waals surface area contributed by atoms with Gasteiger partial charge in [0.2, 0.25) is 15.0 Å². The molecular weight excluding hydrogens is 414 g/mol. The van der Waals surface area contributed by atoms with E-state index in [9.17, 15) is 17.2 Å². The number of benzene rings is 1. The normalized spacial score (nSPS) is 27.4. The van der Waals surface area contributed by atoms with Crippen molar-refractivity contribution < 1.29 is 21.9 Å². The number of halogens is 2. The molecule has 0 amide bonds. The molecule has 3 atom stereocenters. The number of rotatable bonds is 4. The highest BCUT2D eigenvalue weighted by Gasteiger charge is 2.43. The second-order valence-corrected chi connectivity index (χ2v) is 10.6. The first kappa shape index (κ1) is 20.0. The summed E-state index contributed by atoms with van der Waals surface area (Å²) in [5.41, 5.74) is 8.08. The monoisotopic (exact) mass is 438 g/mol. The van der Waals surface area contributed by atoms with Gasteiger partial charge in [-0.15, -0.1) is 0 Å². The van der Waals surface area contributed by atoms with Crippen molar-refractivity contribution in [2.24, 2.45) is 12.8 Å². The number of ether oxygens (including phenoxy) is 1. The van der Waals surface area contributed by atoms with E-state index in [1.807, 2.05) is 0 Å². The highest BCUT2D eigenvalue weighted by atomic mass is 32.2. The van der Waals surface area contributed by atoms with Crippen molar-refractivity contribution in [2.45, 2.75) is 60.9 Å². The maximum atomic E-state index is 14.1. The Hall–Kier alpha value is -1.88. The van der Waals surface area contributed by atoms with Gasteiger partial charge in [0.25, 0.3) is 0 Å². The number of nitrogens with two attached hydrogens (primary N) is 1. The van der Waals surface area contributed by atoms with Crippen LogP contribution < -0.4 is 5.73 Å². The first-order valence-electron chi connectivity index (χ1n) is 10.1. The molecule has 7 nitrogen and oxygen atoms in total. The average Bonchev–Trinajstić information content (AvgIpc) is 3.41. The van der Waals surface area contributed by atoms with Crippen LogP contribution in [0.15, 0.2) is 23.4 Å². The maximum Gasteiger partial charge on any atom is 0.228 e. The standard InChI is InChI=1S/C20H24F2N4O3S/c1-25-18-9-26(8-17(18)24-20(25)30(27,28)13-3-4-13)12-7-16(23)19(29-10-12)14-6-11(21)2-5-15(14)22/h2,5-6,12-13,16,19H,3-4,7-10,23H2,1H3/t12-,16+,19-/m1/s1. The van der Waals surface area contributed by atoms with E-state index in [2.05, 4.69) is 9.88 Å². The molecule has 0 bridgehead atoms. The summed E-state index contributed by atoms with van der Waals surface area (Å²) in [6, 6.07) is 2.80. The highest BCUT2D eigenvalue weighted by molar-refractivity contribution is 7.92. The molecule has 2 N–H and O–H groups in total. The number of hydrogen-bond acceptors (Lipinski definition) is 6. The second-order valence-electron chi connectivity index (χ2n) is 8.47. The summed E-state index contributed by atoms with van der Waals surface area (Å²) in [5, 5.41) is -0.132. The van der Waals surface area contributed by atoms with E-state index in [1.165, 1.54) is 0 Å². The Morgan fingerprint density at radius 3 is 2.67 bits per heavy atom. The zero-order chi connectivity index (χ0) is 21.2. The Morgan fingerprint density at radius 1 is 1.23 bits per heavy atom. The van der Waals surface area contributed by atoms with E-state index < -0.39 is 33.6 Å². The molecule has 3 aliphatic rings. The zero-order valence-corrected chi connectivity index (χ0v) is 17.4. The topological polar surface area (TPSA) is 90.5 Å². The molecule has 2 aromatic rings. The fourth-order valence-electron chi connectivity index (χ4n) is 4.52. The Balaban J connectivity index is 1.29. The summed E-state index contributed by atoms with van der Waals surface area (Å²) in [7, 11) is -1.60. The minimum Gasteiger partial charge on any atom is -0.370 e. The molecule has 10 heteroatoms. The average molecular weight is 439 g/mol. The molecule has 0 radical (unpaired) electrons. The Bertz CT molecular complexity index is 1100. The van der Waals surface area contributed by atoms with E-state index in [0.29, 0.717) is 39.0 Å². The predicted molar refractivity (Wildman–Crippen MR) is 104 cm³/mol. The van der Waals surface area contributed by atoms with Gasteiger partial charge in [0, 0.05) is 37.8 Å². The van der Waals surface area contributed by atoms with Crippen LogP contribution in [0, 0.1) is 11.6 Å². The molecule has 1 aromatic heterocycles. The van der Waals surface area contributed by atoms with Crippen molar-refractivity contribution >= 4 is 9.84 Å². The van der Waals surface area contributed by atoms with Gasteiger partial charge in [-0.2, -0.15) is 0 Å². The highest BCUT2D eigenvalue weighted by Crippen LogP contribution is 2.37. The number of nitrogens with zero attached hydrogens (tertiary/aromatic N) is 3. The maximum absolute atomic E-state index is 14.1. The van der Waals surface area contributed by atoms with E-state index in [1.54, 1.807) is 11.6 Å². The lowest BCUT2D eigenvalue weighted by Gasteiger charge is -2.38. The van der Waals surface area contributed by atoms with Crippen molar-refractivity contribution in [3.05, 3.63) is 46.8 Å². The van der Waals surface area contributed by atoms with Crippen LogP contribution in [-0.4, -0.2) is 46.8 Å². The van der Waals surface area contributed by atoms with Crippen LogP contribution >= 0.6 is 0 Å². The summed E-state index contributed by atoms with van der Waals surface area (Å²) in [6.07, 6.45) is 1.27. The molecule has 162 valence electrons.